The first-order chi connectivity index (χ1) is 49.4. The number of ether oxygens (including phenoxy) is 4. The number of pyridine rings is 4. The molecule has 3 fully saturated rings. The fourth-order valence-electron chi connectivity index (χ4n) is 12.3. The quantitative estimate of drug-likeness (QED) is 0.0850. The van der Waals surface area contributed by atoms with Crippen molar-refractivity contribution in [2.24, 2.45) is 14.1 Å². The number of hydrogen-bond acceptors (Lipinski definition) is 18. The van der Waals surface area contributed by atoms with E-state index in [9.17, 15) is 38.4 Å². The monoisotopic (exact) mass is 1480 g/mol. The molecule has 5 aliphatic heterocycles. The Labute approximate surface area is 612 Å². The van der Waals surface area contributed by atoms with E-state index in [4.69, 9.17) is 28.3 Å². The summed E-state index contributed by atoms with van der Waals surface area (Å²) in [7, 11) is 2.71. The van der Waals surface area contributed by atoms with Gasteiger partial charge in [0, 0.05) is 86.1 Å². The van der Waals surface area contributed by atoms with Gasteiger partial charge in [-0.05, 0) is 150 Å². The average molecular weight is 1480 g/mol. The van der Waals surface area contributed by atoms with E-state index < -0.39 is 18.3 Å². The number of benzene rings is 4. The summed E-state index contributed by atoms with van der Waals surface area (Å²) in [5.74, 6) is 1.34. The highest BCUT2D eigenvalue weighted by molar-refractivity contribution is 9.10. The third-order valence-electron chi connectivity index (χ3n) is 19.1. The van der Waals surface area contributed by atoms with E-state index in [1.807, 2.05) is 64.1 Å². The fourth-order valence-corrected chi connectivity index (χ4v) is 12.8. The summed E-state index contributed by atoms with van der Waals surface area (Å²) in [4.78, 5) is 118. The minimum Gasteiger partial charge on any atom is -0.491 e. The molecule has 4 aromatic heterocycles. The van der Waals surface area contributed by atoms with E-state index in [0.717, 1.165) is 29.2 Å². The number of fused-ring (bicyclic) bond motifs is 2. The Morgan fingerprint density at radius 1 is 0.529 bits per heavy atom. The Hall–Kier alpha value is -10.1. The molecule has 0 saturated carbocycles. The Morgan fingerprint density at radius 2 is 0.971 bits per heavy atom. The number of aldehydes is 2. The van der Waals surface area contributed by atoms with Crippen molar-refractivity contribution >= 4 is 99.1 Å². The first kappa shape index (κ1) is 75.1. The molecule has 24 nitrogen and oxygen atoms in total. The predicted molar refractivity (Wildman–Crippen MR) is 403 cm³/mol. The van der Waals surface area contributed by atoms with E-state index in [-0.39, 0.29) is 64.4 Å². The standard InChI is InChI=1S/C36H37N5O6.C22H29BN4O5.C20H20BrNO3/c1-36(2,3)25-9-10-27-31(19-25)47-17-14-41(34(27)44)30-7-5-6-26(28(30)22-42)24-18-29(35(45)39(4)21-24)38-32-11-8-23(20-37-32)33(43)40-12-15-46-16-13-40;1-21(2)22(3,4)32-23(31-21)16-12-17(20(29)26(5)14-16)25-18-7-6-15(13-24-18)19(28)27-8-10-30-11-9-27;1-20(2,3)13-7-8-14-18(11-13)25-10-9-22(19(14)24)17-6-4-5-16(21)15(17)12-23/h5-11,18-22H,12-17H2,1-4H3,(H,37,38);6-7,12-14H,8-11H2,1-5H3,(H,24,25);4-8,11-12H,9-10H2,1-3H3. The third-order valence-corrected chi connectivity index (χ3v) is 19.8. The number of nitrogens with one attached hydrogen (secondary N) is 2. The van der Waals surface area contributed by atoms with Crippen molar-refractivity contribution in [2.45, 2.75) is 91.3 Å². The van der Waals surface area contributed by atoms with Gasteiger partial charge in [-0.15, -0.1) is 0 Å². The van der Waals surface area contributed by atoms with Crippen LogP contribution < -0.4 is 46.5 Å². The zero-order valence-corrected chi connectivity index (χ0v) is 62.2. The SMILES string of the molecule is CC(C)(C)c1ccc2c(c1)OCCN(c1cccc(Br)c1C=O)C2=O.Cn1cc(-c2cccc(N3CCOc4cc(C(C)(C)C)ccc4C3=O)c2C=O)cc(Nc2ccc(C(=O)N3CCOCC3)cn2)c1=O.Cn1cc(B2OC(C)(C)C(C)(C)O2)cc(Nc2ccc(C(=O)N3CCOCC3)cn2)c1=O. The summed E-state index contributed by atoms with van der Waals surface area (Å²) < 4.78 is 38.3. The zero-order valence-electron chi connectivity index (χ0n) is 60.6. The summed E-state index contributed by atoms with van der Waals surface area (Å²) in [5.41, 5.74) is 6.69. The number of aryl methyl sites for hydroxylation is 2. The second kappa shape index (κ2) is 31.1. The van der Waals surface area contributed by atoms with Crippen LogP contribution in [0.15, 0.2) is 148 Å². The van der Waals surface area contributed by atoms with Crippen molar-refractivity contribution in [2.75, 3.05) is 99.3 Å². The molecule has 2 N–H and O–H groups in total. The number of hydrogen-bond donors (Lipinski definition) is 2. The molecule has 13 rings (SSSR count). The first-order valence-electron chi connectivity index (χ1n) is 34.4. The van der Waals surface area contributed by atoms with Crippen LogP contribution in [0.3, 0.4) is 0 Å². The van der Waals surface area contributed by atoms with E-state index in [2.05, 4.69) is 78.1 Å². The summed E-state index contributed by atoms with van der Waals surface area (Å²) in [6.07, 6.45) is 7.86. The molecule has 26 heteroatoms. The summed E-state index contributed by atoms with van der Waals surface area (Å²) in [5, 5.41) is 6.13. The van der Waals surface area contributed by atoms with E-state index >= 15 is 0 Å². The molecule has 0 bridgehead atoms. The van der Waals surface area contributed by atoms with Crippen LogP contribution in [-0.4, -0.2) is 162 Å². The molecule has 0 unspecified atom stereocenters. The lowest BCUT2D eigenvalue weighted by atomic mass is 9.80. The Kier molecular flexibility index (Phi) is 22.4. The van der Waals surface area contributed by atoms with Crippen LogP contribution in [0.1, 0.15) is 143 Å². The molecule has 9 heterocycles. The van der Waals surface area contributed by atoms with Crippen molar-refractivity contribution in [1.29, 1.82) is 0 Å². The van der Waals surface area contributed by atoms with Gasteiger partial charge in [0.05, 0.1) is 89.9 Å². The van der Waals surface area contributed by atoms with Gasteiger partial charge in [0.15, 0.2) is 12.6 Å². The highest BCUT2D eigenvalue weighted by atomic mass is 79.9. The van der Waals surface area contributed by atoms with Crippen LogP contribution in [0.25, 0.3) is 11.1 Å². The highest BCUT2D eigenvalue weighted by Gasteiger charge is 2.52. The minimum atomic E-state index is -0.589. The third kappa shape index (κ3) is 16.4. The Balaban J connectivity index is 0.000000165. The van der Waals surface area contributed by atoms with Gasteiger partial charge in [-0.1, -0.05) is 71.9 Å². The van der Waals surface area contributed by atoms with Gasteiger partial charge in [-0.3, -0.25) is 38.4 Å². The maximum absolute atomic E-state index is 13.9. The van der Waals surface area contributed by atoms with Crippen molar-refractivity contribution < 1.29 is 57.0 Å². The normalized spacial score (nSPS) is 16.4. The van der Waals surface area contributed by atoms with Gasteiger partial charge in [-0.25, -0.2) is 9.97 Å². The number of rotatable bonds is 12. The van der Waals surface area contributed by atoms with Crippen LogP contribution in [0.4, 0.5) is 34.4 Å². The number of carbonyl (C=O) groups is 6. The summed E-state index contributed by atoms with van der Waals surface area (Å²) >= 11 is 3.38. The molecular weight excluding hydrogens is 1390 g/mol. The van der Waals surface area contributed by atoms with Crippen LogP contribution in [0.2, 0.25) is 0 Å². The van der Waals surface area contributed by atoms with E-state index in [1.54, 1.807) is 119 Å². The van der Waals surface area contributed by atoms with Gasteiger partial charge in [-0.2, -0.15) is 0 Å². The molecule has 0 atom stereocenters. The number of morpholine rings is 2. The van der Waals surface area contributed by atoms with Gasteiger partial charge >= 0.3 is 7.12 Å². The lowest BCUT2D eigenvalue weighted by Gasteiger charge is -2.32. The van der Waals surface area contributed by atoms with Gasteiger partial charge in [0.1, 0.15) is 47.7 Å². The fraction of sp³-hybridized carbons (Fsp3) is 0.359. The molecule has 8 aromatic rings. The van der Waals surface area contributed by atoms with Crippen LogP contribution in [0.5, 0.6) is 11.5 Å². The number of halogens is 1. The predicted octanol–water partition coefficient (Wildman–Crippen LogP) is 10.7. The van der Waals surface area contributed by atoms with Crippen LogP contribution >= 0.6 is 15.9 Å². The smallest absolute Gasteiger partial charge is 0.491 e. The molecule has 4 aromatic carbocycles. The number of aromatic nitrogens is 4. The number of nitrogens with zero attached hydrogens (tertiary/aromatic N) is 8. The molecule has 4 amide bonds. The molecule has 3 saturated heterocycles. The summed E-state index contributed by atoms with van der Waals surface area (Å²) in [6, 6.07) is 32.1. The molecule has 0 spiro atoms. The first-order valence-corrected chi connectivity index (χ1v) is 35.2. The van der Waals surface area contributed by atoms with Crippen LogP contribution in [-0.2, 0) is 43.7 Å². The average Bonchev–Trinajstić information content (AvgIpc) is 0.863. The maximum atomic E-state index is 13.9. The van der Waals surface area contributed by atoms with E-state index in [0.29, 0.717) is 155 Å². The highest BCUT2D eigenvalue weighted by Crippen LogP contribution is 2.39. The Bertz CT molecular complexity index is 4690. The zero-order chi connectivity index (χ0) is 74.6. The van der Waals surface area contributed by atoms with Gasteiger partial charge in [0.25, 0.3) is 34.7 Å². The lowest BCUT2D eigenvalue weighted by Crippen LogP contribution is -2.41. The number of amides is 4. The number of carbonyl (C=O) groups excluding carboxylic acids is 6. The van der Waals surface area contributed by atoms with Crippen molar-refractivity contribution in [3.05, 3.63) is 204 Å². The van der Waals surface area contributed by atoms with Crippen LogP contribution in [0, 0.1) is 0 Å². The van der Waals surface area contributed by atoms with Crippen molar-refractivity contribution in [1.82, 2.24) is 28.9 Å². The number of anilines is 6. The lowest BCUT2D eigenvalue weighted by molar-refractivity contribution is 0.00578. The summed E-state index contributed by atoms with van der Waals surface area (Å²) in [6.45, 7) is 26.1. The second-order valence-corrected chi connectivity index (χ2v) is 29.7. The van der Waals surface area contributed by atoms with Gasteiger partial charge in [0.2, 0.25) is 0 Å². The minimum absolute atomic E-state index is 0.0254. The molecule has 0 radical (unpaired) electrons. The molecule has 542 valence electrons. The topological polar surface area (TPSA) is 265 Å². The van der Waals surface area contributed by atoms with E-state index in [1.165, 1.54) is 21.5 Å². The molecule has 104 heavy (non-hydrogen) atoms. The van der Waals surface area contributed by atoms with Crippen molar-refractivity contribution in [3.63, 3.8) is 0 Å². The molecule has 5 aliphatic rings. The molecule has 0 aliphatic carbocycles. The van der Waals surface area contributed by atoms with Crippen molar-refractivity contribution in [3.8, 4) is 22.6 Å². The van der Waals surface area contributed by atoms with Gasteiger partial charge < -0.3 is 67.6 Å². The Morgan fingerprint density at radius 3 is 1.41 bits per heavy atom. The second-order valence-electron chi connectivity index (χ2n) is 28.9. The maximum Gasteiger partial charge on any atom is 0.496 e. The largest absolute Gasteiger partial charge is 0.496 e. The molecular formula is C78H86BBrN10O14.